The quantitative estimate of drug-likeness (QED) is 0.260. The second-order valence-corrected chi connectivity index (χ2v) is 6.44. The highest BCUT2D eigenvalue weighted by atomic mass is 31.2. The van der Waals surface area contributed by atoms with E-state index in [0.717, 1.165) is 0 Å². The van der Waals surface area contributed by atoms with Gasteiger partial charge in [-0.2, -0.15) is 4.98 Å². The summed E-state index contributed by atoms with van der Waals surface area (Å²) < 4.78 is 13.9. The molecule has 0 aliphatic carbocycles. The Kier molecular flexibility index (Phi) is 6.88. The van der Waals surface area contributed by atoms with Crippen molar-refractivity contribution in [1.29, 1.82) is 0 Å². The fourth-order valence-electron chi connectivity index (χ4n) is 2.02. The van der Waals surface area contributed by atoms with Crippen molar-refractivity contribution in [3.8, 4) is 0 Å². The van der Waals surface area contributed by atoms with Crippen LogP contribution in [0.4, 0.5) is 5.82 Å². The van der Waals surface area contributed by atoms with Gasteiger partial charge in [0.25, 0.3) is 8.53 Å². The SMILES string of the molecule is CN(CN=[N+]=[N-])P(O)OC[C@@H]1CNCC(n2ccc(N)nc2=O)O1. The zero-order valence-corrected chi connectivity index (χ0v) is 13.9. The molecule has 12 nitrogen and oxygen atoms in total. The molecule has 2 unspecified atom stereocenters. The van der Waals surface area contributed by atoms with Gasteiger partial charge in [0, 0.05) is 24.2 Å². The van der Waals surface area contributed by atoms with Crippen molar-refractivity contribution in [2.75, 3.05) is 39.1 Å². The van der Waals surface area contributed by atoms with Crippen LogP contribution in [0.3, 0.4) is 0 Å². The van der Waals surface area contributed by atoms with Crippen LogP contribution in [0.25, 0.3) is 10.4 Å². The van der Waals surface area contributed by atoms with E-state index in [4.69, 9.17) is 20.5 Å². The van der Waals surface area contributed by atoms with E-state index in [0.29, 0.717) is 13.1 Å². The van der Waals surface area contributed by atoms with Gasteiger partial charge in [-0.15, -0.1) is 0 Å². The van der Waals surface area contributed by atoms with E-state index in [1.807, 2.05) is 0 Å². The van der Waals surface area contributed by atoms with Gasteiger partial charge in [0.2, 0.25) is 0 Å². The van der Waals surface area contributed by atoms with Crippen LogP contribution in [0.2, 0.25) is 0 Å². The summed E-state index contributed by atoms with van der Waals surface area (Å²) in [5.41, 5.74) is 13.2. The number of morpholine rings is 1. The first-order chi connectivity index (χ1) is 11.5. The van der Waals surface area contributed by atoms with Gasteiger partial charge < -0.3 is 25.2 Å². The number of nitrogens with two attached hydrogens (primary N) is 1. The normalized spacial score (nSPS) is 22.1. The van der Waals surface area contributed by atoms with Gasteiger partial charge in [-0.05, 0) is 18.6 Å². The van der Waals surface area contributed by atoms with Crippen LogP contribution < -0.4 is 16.7 Å². The molecule has 0 amide bonds. The number of nitrogens with one attached hydrogen (secondary N) is 1. The lowest BCUT2D eigenvalue weighted by Crippen LogP contribution is -2.46. The van der Waals surface area contributed by atoms with Crippen LogP contribution in [0, 0.1) is 0 Å². The molecule has 24 heavy (non-hydrogen) atoms. The van der Waals surface area contributed by atoms with Crippen LogP contribution in [0.1, 0.15) is 6.23 Å². The second kappa shape index (κ2) is 8.90. The van der Waals surface area contributed by atoms with Crippen molar-refractivity contribution in [3.05, 3.63) is 33.2 Å². The summed E-state index contributed by atoms with van der Waals surface area (Å²) in [6.45, 7) is 1.06. The molecule has 0 bridgehead atoms. The fraction of sp³-hybridized carbons (Fsp3) is 0.636. The van der Waals surface area contributed by atoms with Crippen molar-refractivity contribution in [3.63, 3.8) is 0 Å². The van der Waals surface area contributed by atoms with E-state index in [2.05, 4.69) is 20.3 Å². The molecule has 1 aliphatic rings. The Bertz CT molecular complexity index is 651. The summed E-state index contributed by atoms with van der Waals surface area (Å²) in [5.74, 6) is 0.147. The first-order valence-corrected chi connectivity index (χ1v) is 8.22. The standard InChI is InChI=1S/C11H19N8O4P/c1-18(7-15-17-13)24(21)22-6-8-4-14-5-10(23-8)19-3-2-9(12)16-11(19)20/h2-3,8,10,14,21H,4-7H2,1H3,(H2,12,16,20)/t8-,10?,24?/m0/s1. The molecular formula is C11H19N8O4P. The molecule has 4 N–H and O–H groups in total. The second-order valence-electron chi connectivity index (χ2n) is 4.99. The van der Waals surface area contributed by atoms with Crippen molar-refractivity contribution in [2.45, 2.75) is 12.3 Å². The Morgan fingerprint density at radius 3 is 3.25 bits per heavy atom. The molecule has 1 aliphatic heterocycles. The van der Waals surface area contributed by atoms with Crippen LogP contribution >= 0.6 is 8.53 Å². The number of hydrogen-bond acceptors (Lipinski definition) is 9. The van der Waals surface area contributed by atoms with E-state index in [-0.39, 0.29) is 25.2 Å². The molecule has 1 aromatic rings. The molecule has 3 atom stereocenters. The zero-order chi connectivity index (χ0) is 17.5. The Hall–Kier alpha value is -1.78. The lowest BCUT2D eigenvalue weighted by Gasteiger charge is -2.32. The molecule has 132 valence electrons. The maximum Gasteiger partial charge on any atom is 0.351 e. The smallest absolute Gasteiger partial charge is 0.351 e. The van der Waals surface area contributed by atoms with Crippen LogP contribution in [-0.2, 0) is 9.26 Å². The molecular weight excluding hydrogens is 339 g/mol. The first-order valence-electron chi connectivity index (χ1n) is 7.06. The number of anilines is 1. The predicted octanol–water partition coefficient (Wildman–Crippen LogP) is -0.252. The molecule has 1 fully saturated rings. The van der Waals surface area contributed by atoms with Crippen LogP contribution in [0.15, 0.2) is 22.2 Å². The minimum Gasteiger partial charge on any atom is -0.383 e. The van der Waals surface area contributed by atoms with Crippen molar-refractivity contribution >= 4 is 14.3 Å². The van der Waals surface area contributed by atoms with Crippen LogP contribution in [-0.4, -0.2) is 58.6 Å². The molecule has 0 spiro atoms. The molecule has 0 saturated carbocycles. The summed E-state index contributed by atoms with van der Waals surface area (Å²) in [7, 11) is -0.322. The van der Waals surface area contributed by atoms with Crippen molar-refractivity contribution in [2.24, 2.45) is 5.11 Å². The third kappa shape index (κ3) is 5.11. The maximum absolute atomic E-state index is 11.9. The summed E-state index contributed by atoms with van der Waals surface area (Å²) >= 11 is 0. The Balaban J connectivity index is 1.89. The average molecular weight is 358 g/mol. The van der Waals surface area contributed by atoms with E-state index in [1.54, 1.807) is 7.05 Å². The molecule has 0 radical (unpaired) electrons. The van der Waals surface area contributed by atoms with Gasteiger partial charge in [0.1, 0.15) is 5.82 Å². The molecule has 2 rings (SSSR count). The van der Waals surface area contributed by atoms with E-state index < -0.39 is 20.4 Å². The average Bonchev–Trinajstić information content (AvgIpc) is 2.57. The van der Waals surface area contributed by atoms with Crippen molar-refractivity contribution in [1.82, 2.24) is 19.5 Å². The first kappa shape index (κ1) is 18.6. The fourth-order valence-corrected chi connectivity index (χ4v) is 2.68. The van der Waals surface area contributed by atoms with Crippen LogP contribution in [0.5, 0.6) is 0 Å². The Morgan fingerprint density at radius 1 is 1.75 bits per heavy atom. The van der Waals surface area contributed by atoms with Gasteiger partial charge in [0.15, 0.2) is 6.23 Å². The Morgan fingerprint density at radius 2 is 2.54 bits per heavy atom. The number of nitrogen functional groups attached to an aromatic ring is 1. The summed E-state index contributed by atoms with van der Waals surface area (Å²) in [5, 5.41) is 6.47. The number of ether oxygens (including phenoxy) is 1. The highest BCUT2D eigenvalue weighted by Gasteiger charge is 2.26. The largest absolute Gasteiger partial charge is 0.383 e. The van der Waals surface area contributed by atoms with Gasteiger partial charge >= 0.3 is 5.69 Å². The number of azide groups is 1. The highest BCUT2D eigenvalue weighted by Crippen LogP contribution is 2.35. The highest BCUT2D eigenvalue weighted by molar-refractivity contribution is 7.43. The molecule has 1 saturated heterocycles. The monoisotopic (exact) mass is 358 g/mol. The molecule has 13 heteroatoms. The lowest BCUT2D eigenvalue weighted by molar-refractivity contribution is -0.0935. The van der Waals surface area contributed by atoms with E-state index in [1.165, 1.54) is 21.5 Å². The number of aromatic nitrogens is 2. The number of rotatable bonds is 7. The maximum atomic E-state index is 11.9. The van der Waals surface area contributed by atoms with Gasteiger partial charge in [-0.3, -0.25) is 4.57 Å². The number of nitrogens with zero attached hydrogens (tertiary/aromatic N) is 6. The van der Waals surface area contributed by atoms with Gasteiger partial charge in [-0.25, -0.2) is 9.46 Å². The van der Waals surface area contributed by atoms with Gasteiger partial charge in [0.05, 0.1) is 19.4 Å². The zero-order valence-electron chi connectivity index (χ0n) is 13.0. The minimum absolute atomic E-state index is 0.00238. The van der Waals surface area contributed by atoms with Gasteiger partial charge in [-0.1, -0.05) is 5.11 Å². The summed E-state index contributed by atoms with van der Waals surface area (Å²) in [4.78, 5) is 28.0. The number of hydrogen-bond donors (Lipinski definition) is 3. The molecule has 0 aromatic carbocycles. The third-order valence-corrected chi connectivity index (χ3v) is 4.29. The third-order valence-electron chi connectivity index (χ3n) is 3.20. The van der Waals surface area contributed by atoms with E-state index >= 15 is 0 Å². The van der Waals surface area contributed by atoms with Crippen molar-refractivity contribution < 1.29 is 14.2 Å². The van der Waals surface area contributed by atoms with E-state index in [9.17, 15) is 9.69 Å². The molecule has 2 heterocycles. The lowest BCUT2D eigenvalue weighted by atomic mass is 10.3. The summed E-state index contributed by atoms with van der Waals surface area (Å²) in [6, 6.07) is 1.52. The minimum atomic E-state index is -1.89. The topological polar surface area (TPSA) is 164 Å². The predicted molar refractivity (Wildman–Crippen MR) is 86.6 cm³/mol. The summed E-state index contributed by atoms with van der Waals surface area (Å²) in [6.07, 6.45) is 0.615. The Labute approximate surface area is 138 Å². The molecule has 1 aromatic heterocycles.